The summed E-state index contributed by atoms with van der Waals surface area (Å²) < 4.78 is 12.0. The van der Waals surface area contributed by atoms with E-state index in [0.717, 1.165) is 31.9 Å². The predicted molar refractivity (Wildman–Crippen MR) is 73.1 cm³/mol. The van der Waals surface area contributed by atoms with E-state index in [1.807, 2.05) is 0 Å². The zero-order valence-electron chi connectivity index (χ0n) is 11.3. The van der Waals surface area contributed by atoms with Crippen molar-refractivity contribution >= 4 is 11.6 Å². The number of hydrogen-bond acceptors (Lipinski definition) is 2. The van der Waals surface area contributed by atoms with Crippen LogP contribution in [0, 0.1) is 5.41 Å². The highest BCUT2D eigenvalue weighted by atomic mass is 35.5. The summed E-state index contributed by atoms with van der Waals surface area (Å²) >= 11 is 6.18. The van der Waals surface area contributed by atoms with E-state index in [1.165, 1.54) is 44.9 Å². The van der Waals surface area contributed by atoms with Crippen molar-refractivity contribution in [3.05, 3.63) is 0 Å². The molecule has 3 heteroatoms. The Balaban J connectivity index is 1.58. The molecule has 2 atom stereocenters. The molecule has 2 unspecified atom stereocenters. The van der Waals surface area contributed by atoms with E-state index < -0.39 is 0 Å². The first kappa shape index (κ1) is 13.2. The maximum Gasteiger partial charge on any atom is 0.0687 e. The van der Waals surface area contributed by atoms with Crippen molar-refractivity contribution in [1.82, 2.24) is 0 Å². The van der Waals surface area contributed by atoms with Gasteiger partial charge >= 0.3 is 0 Å². The molecule has 2 aliphatic heterocycles. The summed E-state index contributed by atoms with van der Waals surface area (Å²) in [6.45, 7) is 1.72. The molecule has 1 saturated carbocycles. The van der Waals surface area contributed by atoms with Gasteiger partial charge in [-0.1, -0.05) is 19.3 Å². The van der Waals surface area contributed by atoms with Crippen molar-refractivity contribution in [1.29, 1.82) is 0 Å². The van der Waals surface area contributed by atoms with Gasteiger partial charge in [0.15, 0.2) is 0 Å². The Kier molecular flexibility index (Phi) is 3.89. The third-order valence-corrected chi connectivity index (χ3v) is 5.80. The first-order chi connectivity index (χ1) is 8.76. The maximum absolute atomic E-state index is 6.46. The third kappa shape index (κ3) is 2.57. The minimum atomic E-state index is 0.201. The van der Waals surface area contributed by atoms with Crippen LogP contribution in [-0.2, 0) is 9.47 Å². The van der Waals surface area contributed by atoms with Gasteiger partial charge in [0.25, 0.3) is 0 Å². The van der Waals surface area contributed by atoms with Gasteiger partial charge in [0.1, 0.15) is 0 Å². The van der Waals surface area contributed by atoms with E-state index in [9.17, 15) is 0 Å². The van der Waals surface area contributed by atoms with Crippen LogP contribution in [0.3, 0.4) is 0 Å². The summed E-state index contributed by atoms with van der Waals surface area (Å²) in [7, 11) is 0. The highest BCUT2D eigenvalue weighted by Crippen LogP contribution is 2.46. The van der Waals surface area contributed by atoms with Crippen LogP contribution in [0.1, 0.15) is 57.8 Å². The summed E-state index contributed by atoms with van der Waals surface area (Å²) in [4.78, 5) is 0. The fraction of sp³-hybridized carbons (Fsp3) is 1.00. The van der Waals surface area contributed by atoms with Crippen LogP contribution in [0.2, 0.25) is 0 Å². The summed E-state index contributed by atoms with van der Waals surface area (Å²) in [5, 5.41) is 0. The van der Waals surface area contributed by atoms with Gasteiger partial charge in [-0.2, -0.15) is 0 Å². The van der Waals surface area contributed by atoms with Crippen molar-refractivity contribution in [2.45, 2.75) is 69.5 Å². The molecule has 0 amide bonds. The second-order valence-corrected chi connectivity index (χ2v) is 6.93. The fourth-order valence-electron chi connectivity index (χ4n) is 4.06. The van der Waals surface area contributed by atoms with E-state index in [2.05, 4.69) is 0 Å². The molecule has 104 valence electrons. The van der Waals surface area contributed by atoms with Crippen LogP contribution in [-0.4, -0.2) is 30.8 Å². The molecule has 3 fully saturated rings. The molecule has 0 aromatic carbocycles. The van der Waals surface area contributed by atoms with Crippen LogP contribution < -0.4 is 0 Å². The molecule has 2 saturated heterocycles. The summed E-state index contributed by atoms with van der Waals surface area (Å²) in [5.41, 5.74) is 0.447. The third-order valence-electron chi connectivity index (χ3n) is 5.23. The molecule has 3 rings (SSSR count). The van der Waals surface area contributed by atoms with Crippen LogP contribution >= 0.6 is 11.6 Å². The van der Waals surface area contributed by atoms with Gasteiger partial charge < -0.3 is 9.47 Å². The Labute approximate surface area is 115 Å². The molecule has 0 N–H and O–H groups in total. The molecule has 0 aromatic rings. The van der Waals surface area contributed by atoms with E-state index in [1.54, 1.807) is 0 Å². The number of alkyl halides is 1. The lowest BCUT2D eigenvalue weighted by atomic mass is 9.81. The number of hydrogen-bond donors (Lipinski definition) is 0. The smallest absolute Gasteiger partial charge is 0.0687 e. The van der Waals surface area contributed by atoms with E-state index in [0.29, 0.717) is 6.10 Å². The van der Waals surface area contributed by atoms with E-state index >= 15 is 0 Å². The van der Waals surface area contributed by atoms with Crippen molar-refractivity contribution < 1.29 is 9.47 Å². The maximum atomic E-state index is 6.46. The van der Waals surface area contributed by atoms with Gasteiger partial charge in [-0.15, -0.1) is 11.6 Å². The van der Waals surface area contributed by atoms with Crippen LogP contribution in [0.15, 0.2) is 0 Å². The highest BCUT2D eigenvalue weighted by Gasteiger charge is 2.44. The Morgan fingerprint density at radius 2 is 1.89 bits per heavy atom. The van der Waals surface area contributed by atoms with Crippen LogP contribution in [0.4, 0.5) is 0 Å². The molecule has 0 aromatic heterocycles. The van der Waals surface area contributed by atoms with Crippen LogP contribution in [0.5, 0.6) is 0 Å². The van der Waals surface area contributed by atoms with Gasteiger partial charge in [-0.05, 0) is 38.5 Å². The lowest BCUT2D eigenvalue weighted by molar-refractivity contribution is -0.0758. The van der Waals surface area contributed by atoms with E-state index in [-0.39, 0.29) is 11.0 Å². The lowest BCUT2D eigenvalue weighted by Gasteiger charge is -2.35. The minimum absolute atomic E-state index is 0.201. The van der Waals surface area contributed by atoms with Crippen molar-refractivity contribution in [3.8, 4) is 0 Å². The molecule has 3 aliphatic rings. The normalized spacial score (nSPS) is 39.5. The molecular formula is C15H25ClO2. The summed E-state index contributed by atoms with van der Waals surface area (Å²) in [6.07, 6.45) is 11.9. The molecule has 2 nitrogen and oxygen atoms in total. The molecular weight excluding hydrogens is 248 g/mol. The Morgan fingerprint density at radius 3 is 2.56 bits per heavy atom. The van der Waals surface area contributed by atoms with Gasteiger partial charge in [-0.25, -0.2) is 0 Å². The minimum Gasteiger partial charge on any atom is -0.381 e. The first-order valence-corrected chi connectivity index (χ1v) is 8.11. The zero-order valence-corrected chi connectivity index (χ0v) is 12.0. The molecule has 1 spiro atoms. The summed E-state index contributed by atoms with van der Waals surface area (Å²) in [6, 6.07) is 0. The Morgan fingerprint density at radius 1 is 1.06 bits per heavy atom. The lowest BCUT2D eigenvalue weighted by Crippen LogP contribution is -2.34. The highest BCUT2D eigenvalue weighted by molar-refractivity contribution is 6.18. The quantitative estimate of drug-likeness (QED) is 0.726. The number of ether oxygens (including phenoxy) is 2. The molecule has 1 aliphatic carbocycles. The monoisotopic (exact) mass is 272 g/mol. The SMILES string of the molecule is ClCC1(CC2CCC3(CCCCC3)O2)CCOC1. The summed E-state index contributed by atoms with van der Waals surface area (Å²) in [5.74, 6) is 0.722. The predicted octanol–water partition coefficient (Wildman–Crippen LogP) is 3.90. The standard InChI is InChI=1S/C15H25ClO2/c16-11-14(8-9-17-12-14)10-13-4-7-15(18-13)5-2-1-3-6-15/h13H,1-12H2. The second kappa shape index (κ2) is 5.30. The first-order valence-electron chi connectivity index (χ1n) is 7.58. The average molecular weight is 273 g/mol. The van der Waals surface area contributed by atoms with Gasteiger partial charge in [0, 0.05) is 17.9 Å². The Hall–Kier alpha value is 0.210. The largest absolute Gasteiger partial charge is 0.381 e. The topological polar surface area (TPSA) is 18.5 Å². The van der Waals surface area contributed by atoms with Crippen molar-refractivity contribution in [3.63, 3.8) is 0 Å². The second-order valence-electron chi connectivity index (χ2n) is 6.66. The average Bonchev–Trinajstić information content (AvgIpc) is 3.00. The Bertz CT molecular complexity index is 280. The molecule has 0 bridgehead atoms. The fourth-order valence-corrected chi connectivity index (χ4v) is 4.38. The van der Waals surface area contributed by atoms with Gasteiger partial charge in [0.05, 0.1) is 18.3 Å². The number of halogens is 1. The van der Waals surface area contributed by atoms with Crippen LogP contribution in [0.25, 0.3) is 0 Å². The molecule has 0 radical (unpaired) electrons. The van der Waals surface area contributed by atoms with Gasteiger partial charge in [-0.3, -0.25) is 0 Å². The van der Waals surface area contributed by atoms with E-state index in [4.69, 9.17) is 21.1 Å². The molecule has 18 heavy (non-hydrogen) atoms. The molecule has 2 heterocycles. The number of rotatable bonds is 3. The van der Waals surface area contributed by atoms with Crippen molar-refractivity contribution in [2.75, 3.05) is 19.1 Å². The zero-order chi connectivity index (χ0) is 12.5. The van der Waals surface area contributed by atoms with Gasteiger partial charge in [0.2, 0.25) is 0 Å². The van der Waals surface area contributed by atoms with Crippen molar-refractivity contribution in [2.24, 2.45) is 5.41 Å².